The average Bonchev–Trinajstić information content (AvgIpc) is 2.83. The molecule has 2 aromatic carbocycles. The number of rotatable bonds is 5. The van der Waals surface area contributed by atoms with Gasteiger partial charge in [0.25, 0.3) is 11.7 Å². The van der Waals surface area contributed by atoms with Crippen molar-refractivity contribution < 1.29 is 32.2 Å². The van der Waals surface area contributed by atoms with Crippen LogP contribution in [0.2, 0.25) is 0 Å². The Hall–Kier alpha value is -3.03. The van der Waals surface area contributed by atoms with E-state index in [9.17, 15) is 22.8 Å². The molecule has 0 saturated heterocycles. The topological polar surface area (TPSA) is 55.8 Å². The number of fused-ring (bicyclic) bond motifs is 1. The summed E-state index contributed by atoms with van der Waals surface area (Å²) in [6, 6.07) is 10.5. The Kier molecular flexibility index (Phi) is 4.58. The van der Waals surface area contributed by atoms with Gasteiger partial charge in [-0.2, -0.15) is 0 Å². The third-order valence-corrected chi connectivity index (χ3v) is 3.96. The van der Waals surface area contributed by atoms with E-state index in [0.29, 0.717) is 12.2 Å². The van der Waals surface area contributed by atoms with E-state index < -0.39 is 23.8 Å². The highest BCUT2D eigenvalue weighted by Crippen LogP contribution is 2.34. The first-order valence-corrected chi connectivity index (χ1v) is 7.67. The fraction of sp³-hybridized carbons (Fsp3) is 0.222. The van der Waals surface area contributed by atoms with Crippen LogP contribution in [-0.4, -0.2) is 31.7 Å². The van der Waals surface area contributed by atoms with Crippen LogP contribution in [0.3, 0.4) is 0 Å². The van der Waals surface area contributed by atoms with Gasteiger partial charge in [0.05, 0.1) is 18.4 Å². The molecule has 0 radical (unpaired) electrons. The minimum Gasteiger partial charge on any atom is -0.497 e. The smallest absolute Gasteiger partial charge is 0.497 e. The number of alkyl halides is 3. The second-order valence-electron chi connectivity index (χ2n) is 5.61. The van der Waals surface area contributed by atoms with Crippen LogP contribution in [0.15, 0.2) is 42.5 Å². The van der Waals surface area contributed by atoms with Gasteiger partial charge in [-0.1, -0.05) is 12.1 Å². The lowest BCUT2D eigenvalue weighted by atomic mass is 10.1. The number of anilines is 1. The van der Waals surface area contributed by atoms with E-state index >= 15 is 0 Å². The Morgan fingerprint density at radius 3 is 2.27 bits per heavy atom. The van der Waals surface area contributed by atoms with Crippen LogP contribution in [0.4, 0.5) is 18.9 Å². The van der Waals surface area contributed by atoms with Gasteiger partial charge >= 0.3 is 6.36 Å². The van der Waals surface area contributed by atoms with Gasteiger partial charge in [0.2, 0.25) is 0 Å². The first-order valence-electron chi connectivity index (χ1n) is 7.67. The van der Waals surface area contributed by atoms with Crippen molar-refractivity contribution in [3.8, 4) is 11.5 Å². The quantitative estimate of drug-likeness (QED) is 0.763. The molecule has 3 rings (SSSR count). The number of nitrogens with zero attached hydrogens (tertiary/aromatic N) is 1. The van der Waals surface area contributed by atoms with Crippen LogP contribution >= 0.6 is 0 Å². The second-order valence-corrected chi connectivity index (χ2v) is 5.61. The molecule has 2 aromatic rings. The number of halogens is 3. The summed E-state index contributed by atoms with van der Waals surface area (Å²) >= 11 is 0. The molecule has 0 aromatic heterocycles. The van der Waals surface area contributed by atoms with Gasteiger partial charge in [0.15, 0.2) is 0 Å². The zero-order valence-corrected chi connectivity index (χ0v) is 13.7. The number of ether oxygens (including phenoxy) is 2. The third-order valence-electron chi connectivity index (χ3n) is 3.96. The monoisotopic (exact) mass is 365 g/mol. The predicted molar refractivity (Wildman–Crippen MR) is 86.5 cm³/mol. The number of carbonyl (C=O) groups excluding carboxylic acids is 2. The third kappa shape index (κ3) is 3.63. The summed E-state index contributed by atoms with van der Waals surface area (Å²) in [6.07, 6.45) is -4.39. The zero-order valence-electron chi connectivity index (χ0n) is 13.7. The molecule has 8 heteroatoms. The Morgan fingerprint density at radius 1 is 1.00 bits per heavy atom. The van der Waals surface area contributed by atoms with Crippen LogP contribution in [0, 0.1) is 0 Å². The summed E-state index contributed by atoms with van der Waals surface area (Å²) < 4.78 is 45.8. The van der Waals surface area contributed by atoms with E-state index in [2.05, 4.69) is 4.74 Å². The van der Waals surface area contributed by atoms with Crippen molar-refractivity contribution in [3.63, 3.8) is 0 Å². The van der Waals surface area contributed by atoms with Crippen molar-refractivity contribution in [1.82, 2.24) is 0 Å². The maximum absolute atomic E-state index is 12.3. The molecule has 1 aliphatic rings. The van der Waals surface area contributed by atoms with E-state index in [4.69, 9.17) is 4.74 Å². The van der Waals surface area contributed by atoms with Gasteiger partial charge in [0, 0.05) is 6.54 Å². The van der Waals surface area contributed by atoms with Crippen molar-refractivity contribution in [2.24, 2.45) is 0 Å². The first-order chi connectivity index (χ1) is 12.3. The standard InChI is InChI=1S/C18H14F3NO4/c1-25-12-4-2-11(3-5-12)8-9-22-15-7-6-13(26-18(19,20)21)10-14(15)16(23)17(22)24/h2-7,10H,8-9H2,1H3. The Bertz CT molecular complexity index is 847. The molecule has 0 spiro atoms. The lowest BCUT2D eigenvalue weighted by Crippen LogP contribution is -2.31. The molecule has 0 N–H and O–H groups in total. The van der Waals surface area contributed by atoms with Crippen molar-refractivity contribution in [3.05, 3.63) is 53.6 Å². The van der Waals surface area contributed by atoms with Crippen LogP contribution in [0.25, 0.3) is 0 Å². The second kappa shape index (κ2) is 6.70. The van der Waals surface area contributed by atoms with E-state index in [-0.39, 0.29) is 17.8 Å². The molecule has 1 heterocycles. The van der Waals surface area contributed by atoms with Gasteiger partial charge < -0.3 is 14.4 Å². The molecule has 0 aliphatic carbocycles. The summed E-state index contributed by atoms with van der Waals surface area (Å²) in [7, 11) is 1.55. The molecule has 26 heavy (non-hydrogen) atoms. The van der Waals surface area contributed by atoms with Crippen LogP contribution in [-0.2, 0) is 11.2 Å². The van der Waals surface area contributed by atoms with Gasteiger partial charge in [-0.3, -0.25) is 9.59 Å². The normalized spacial score (nSPS) is 13.8. The first kappa shape index (κ1) is 17.8. The highest BCUT2D eigenvalue weighted by atomic mass is 19.4. The molecule has 0 unspecified atom stereocenters. The van der Waals surface area contributed by atoms with E-state index in [1.165, 1.54) is 11.0 Å². The highest BCUT2D eigenvalue weighted by molar-refractivity contribution is 6.52. The fourth-order valence-electron chi connectivity index (χ4n) is 2.73. The summed E-state index contributed by atoms with van der Waals surface area (Å²) in [5, 5.41) is 0. The van der Waals surface area contributed by atoms with Crippen molar-refractivity contribution in [1.29, 1.82) is 0 Å². The van der Waals surface area contributed by atoms with E-state index in [0.717, 1.165) is 17.7 Å². The molecule has 0 bridgehead atoms. The maximum Gasteiger partial charge on any atom is 0.573 e. The van der Waals surface area contributed by atoms with E-state index in [1.54, 1.807) is 19.2 Å². The summed E-state index contributed by atoms with van der Waals surface area (Å²) in [4.78, 5) is 25.5. The number of ketones is 1. The largest absolute Gasteiger partial charge is 0.573 e. The van der Waals surface area contributed by atoms with Crippen molar-refractivity contribution in [2.45, 2.75) is 12.8 Å². The average molecular weight is 365 g/mol. The number of carbonyl (C=O) groups is 2. The summed E-state index contributed by atoms with van der Waals surface area (Å²) in [6.45, 7) is 0.226. The minimum absolute atomic E-state index is 0.0912. The molecule has 136 valence electrons. The molecular formula is C18H14F3NO4. The summed E-state index contributed by atoms with van der Waals surface area (Å²) in [5.74, 6) is -1.45. The van der Waals surface area contributed by atoms with E-state index in [1.807, 2.05) is 12.1 Å². The molecule has 0 fully saturated rings. The van der Waals surface area contributed by atoms with Crippen LogP contribution in [0.5, 0.6) is 11.5 Å². The maximum atomic E-state index is 12.3. The van der Waals surface area contributed by atoms with Gasteiger partial charge in [-0.25, -0.2) is 0 Å². The number of amides is 1. The lowest BCUT2D eigenvalue weighted by Gasteiger charge is -2.17. The zero-order chi connectivity index (χ0) is 18.9. The van der Waals surface area contributed by atoms with Gasteiger partial charge in [0.1, 0.15) is 11.5 Å². The fourth-order valence-corrected chi connectivity index (χ4v) is 2.73. The van der Waals surface area contributed by atoms with Crippen molar-refractivity contribution in [2.75, 3.05) is 18.6 Å². The van der Waals surface area contributed by atoms with Gasteiger partial charge in [-0.05, 0) is 42.3 Å². The Morgan fingerprint density at radius 2 is 1.65 bits per heavy atom. The Labute approximate surface area is 146 Å². The highest BCUT2D eigenvalue weighted by Gasteiger charge is 2.37. The molecule has 0 saturated carbocycles. The number of hydrogen-bond acceptors (Lipinski definition) is 4. The number of methoxy groups -OCH3 is 1. The number of hydrogen-bond donors (Lipinski definition) is 0. The molecule has 0 atom stereocenters. The summed E-state index contributed by atoms with van der Waals surface area (Å²) in [5.41, 5.74) is 1.12. The molecule has 1 amide bonds. The van der Waals surface area contributed by atoms with Gasteiger partial charge in [-0.15, -0.1) is 13.2 Å². The van der Waals surface area contributed by atoms with Crippen LogP contribution < -0.4 is 14.4 Å². The van der Waals surface area contributed by atoms with Crippen LogP contribution in [0.1, 0.15) is 15.9 Å². The number of Topliss-reactive ketones (excluding diaryl/α,β-unsaturated/α-hetero) is 1. The molecular weight excluding hydrogens is 351 g/mol. The predicted octanol–water partition coefficient (Wildman–Crippen LogP) is 3.37. The Balaban J connectivity index is 1.77. The SMILES string of the molecule is COc1ccc(CCN2C(=O)C(=O)c3cc(OC(F)(F)F)ccc32)cc1. The number of benzene rings is 2. The molecule has 1 aliphatic heterocycles. The molecule has 5 nitrogen and oxygen atoms in total. The minimum atomic E-state index is -4.87. The van der Waals surface area contributed by atoms with Crippen molar-refractivity contribution >= 4 is 17.4 Å². The lowest BCUT2D eigenvalue weighted by molar-refractivity contribution is -0.274.